The van der Waals surface area contributed by atoms with E-state index in [2.05, 4.69) is 37.5 Å². The van der Waals surface area contributed by atoms with Crippen molar-refractivity contribution in [2.75, 3.05) is 6.61 Å². The first-order valence-corrected chi connectivity index (χ1v) is 11.4. The van der Waals surface area contributed by atoms with E-state index in [-0.39, 0.29) is 11.7 Å². The van der Waals surface area contributed by atoms with Gasteiger partial charge in [-0.2, -0.15) is 0 Å². The van der Waals surface area contributed by atoms with Crippen LogP contribution in [-0.2, 0) is 24.4 Å². The molecular weight excluding hydrogens is 392 g/mol. The molecule has 1 saturated carbocycles. The average molecular weight is 423 g/mol. The zero-order valence-electron chi connectivity index (χ0n) is 18.1. The molecule has 1 atom stereocenters. The molecule has 1 aliphatic carbocycles. The lowest BCUT2D eigenvalue weighted by molar-refractivity contribution is 0.0906. The minimum Gasteiger partial charge on any atom is -0.376 e. The Morgan fingerprint density at radius 3 is 2.84 bits per heavy atom. The Labute approximate surface area is 181 Å². The number of aromatic amines is 1. The summed E-state index contributed by atoms with van der Waals surface area (Å²) in [6.07, 6.45) is 7.10. The van der Waals surface area contributed by atoms with E-state index >= 15 is 0 Å². The number of fused-ring (bicyclic) bond motifs is 1. The minimum absolute atomic E-state index is 0.0138. The Kier molecular flexibility index (Phi) is 5.82. The molecule has 2 aromatic heterocycles. The molecule has 3 aromatic rings. The van der Waals surface area contributed by atoms with Crippen molar-refractivity contribution in [2.24, 2.45) is 0 Å². The first-order valence-electron chi connectivity index (χ1n) is 11.4. The molecule has 1 aromatic carbocycles. The Morgan fingerprint density at radius 2 is 2.03 bits per heavy atom. The normalized spacial score (nSPS) is 19.7. The van der Waals surface area contributed by atoms with Crippen molar-refractivity contribution in [1.82, 2.24) is 30.1 Å². The van der Waals surface area contributed by atoms with Crippen LogP contribution in [0.1, 0.15) is 55.5 Å². The number of aryl methyl sites for hydroxylation is 1. The first kappa shape index (κ1) is 20.3. The van der Waals surface area contributed by atoms with Crippen LogP contribution in [0.25, 0.3) is 10.9 Å². The molecule has 0 spiro atoms. The minimum atomic E-state index is -0.0138. The molecule has 0 bridgehead atoms. The monoisotopic (exact) mass is 422 g/mol. The van der Waals surface area contributed by atoms with Gasteiger partial charge in [0.1, 0.15) is 0 Å². The summed E-state index contributed by atoms with van der Waals surface area (Å²) in [7, 11) is 0. The topological polar surface area (TPSA) is 88.9 Å². The Balaban J connectivity index is 1.39. The van der Waals surface area contributed by atoms with Crippen molar-refractivity contribution in [1.29, 1.82) is 0 Å². The van der Waals surface area contributed by atoms with E-state index in [1.54, 1.807) is 0 Å². The Morgan fingerprint density at radius 1 is 1.16 bits per heavy atom. The van der Waals surface area contributed by atoms with Crippen LogP contribution < -0.4 is 5.56 Å². The van der Waals surface area contributed by atoms with Crippen molar-refractivity contribution in [3.8, 4) is 0 Å². The molecule has 1 aliphatic heterocycles. The zero-order valence-corrected chi connectivity index (χ0v) is 18.1. The molecule has 0 radical (unpaired) electrons. The lowest BCUT2D eigenvalue weighted by Crippen LogP contribution is -2.35. The number of pyridine rings is 1. The second-order valence-corrected chi connectivity index (χ2v) is 8.97. The lowest BCUT2D eigenvalue weighted by Gasteiger charge is -2.28. The fourth-order valence-electron chi connectivity index (χ4n) is 4.92. The highest BCUT2D eigenvalue weighted by atomic mass is 16.5. The summed E-state index contributed by atoms with van der Waals surface area (Å²) in [5.41, 5.74) is 2.81. The fraction of sp³-hybridized carbons (Fsp3) is 0.565. The van der Waals surface area contributed by atoms with Gasteiger partial charge in [-0.25, -0.2) is 4.68 Å². The van der Waals surface area contributed by atoms with Gasteiger partial charge in [0.2, 0.25) is 0 Å². The quantitative estimate of drug-likeness (QED) is 0.630. The average Bonchev–Trinajstić information content (AvgIpc) is 3.52. The maximum Gasteiger partial charge on any atom is 0.252 e. The van der Waals surface area contributed by atoms with Gasteiger partial charge in [-0.05, 0) is 66.1 Å². The Bertz CT molecular complexity index is 1090. The van der Waals surface area contributed by atoms with Gasteiger partial charge in [0.15, 0.2) is 5.82 Å². The highest BCUT2D eigenvalue weighted by Crippen LogP contribution is 2.26. The largest absolute Gasteiger partial charge is 0.376 e. The van der Waals surface area contributed by atoms with E-state index in [1.807, 2.05) is 23.7 Å². The van der Waals surface area contributed by atoms with E-state index in [0.29, 0.717) is 25.7 Å². The molecule has 3 heterocycles. The van der Waals surface area contributed by atoms with E-state index in [4.69, 9.17) is 4.74 Å². The van der Waals surface area contributed by atoms with Gasteiger partial charge in [0, 0.05) is 30.3 Å². The highest BCUT2D eigenvalue weighted by molar-refractivity contribution is 5.79. The molecule has 8 heteroatoms. The van der Waals surface area contributed by atoms with Crippen molar-refractivity contribution >= 4 is 10.9 Å². The number of benzene rings is 1. The van der Waals surface area contributed by atoms with Crippen LogP contribution in [0, 0.1) is 6.92 Å². The number of ether oxygens (including phenoxy) is 1. The predicted octanol–water partition coefficient (Wildman–Crippen LogP) is 2.95. The Hall–Kier alpha value is -2.58. The highest BCUT2D eigenvalue weighted by Gasteiger charge is 2.26. The van der Waals surface area contributed by atoms with E-state index in [1.165, 1.54) is 12.8 Å². The molecule has 1 saturated heterocycles. The van der Waals surface area contributed by atoms with E-state index in [0.717, 1.165) is 60.1 Å². The van der Waals surface area contributed by atoms with E-state index in [9.17, 15) is 4.79 Å². The van der Waals surface area contributed by atoms with Crippen LogP contribution in [0.5, 0.6) is 0 Å². The number of nitrogens with zero attached hydrogens (tertiary/aromatic N) is 5. The van der Waals surface area contributed by atoms with Gasteiger partial charge in [-0.3, -0.25) is 9.69 Å². The number of rotatable bonds is 7. The number of nitrogens with one attached hydrogen (secondary N) is 1. The number of aromatic nitrogens is 5. The van der Waals surface area contributed by atoms with Crippen molar-refractivity contribution in [3.05, 3.63) is 51.6 Å². The van der Waals surface area contributed by atoms with Crippen molar-refractivity contribution in [3.63, 3.8) is 0 Å². The summed E-state index contributed by atoms with van der Waals surface area (Å²) >= 11 is 0. The van der Waals surface area contributed by atoms with Crippen LogP contribution in [0.3, 0.4) is 0 Å². The fourth-order valence-corrected chi connectivity index (χ4v) is 4.92. The summed E-state index contributed by atoms with van der Waals surface area (Å²) in [4.78, 5) is 18.3. The second-order valence-electron chi connectivity index (χ2n) is 8.97. The summed E-state index contributed by atoms with van der Waals surface area (Å²) in [5, 5.41) is 13.5. The van der Waals surface area contributed by atoms with Crippen LogP contribution in [0.4, 0.5) is 0 Å². The standard InChI is InChI=1S/C23H30N6O2/c1-16-8-9-17-12-18(23(30)24-21(17)11-16)13-28(19-5-2-3-6-19)15-22-25-26-27-29(22)14-20-7-4-10-31-20/h8-9,11-12,19-20H,2-7,10,13-15H2,1H3,(H,24,30). The van der Waals surface area contributed by atoms with Gasteiger partial charge in [-0.15, -0.1) is 5.10 Å². The van der Waals surface area contributed by atoms with Crippen molar-refractivity contribution in [2.45, 2.75) is 77.2 Å². The molecule has 0 amide bonds. The number of H-pyrrole nitrogens is 1. The third kappa shape index (κ3) is 4.55. The van der Waals surface area contributed by atoms with Gasteiger partial charge in [0.25, 0.3) is 5.56 Å². The number of hydrogen-bond acceptors (Lipinski definition) is 6. The van der Waals surface area contributed by atoms with Gasteiger partial charge in [-0.1, -0.05) is 25.0 Å². The smallest absolute Gasteiger partial charge is 0.252 e. The SMILES string of the molecule is Cc1ccc2cc(CN(Cc3nnnn3CC3CCCO3)C3CCCC3)c(=O)[nH]c2c1. The summed E-state index contributed by atoms with van der Waals surface area (Å²) in [6.45, 7) is 4.78. The van der Waals surface area contributed by atoms with Crippen LogP contribution in [-0.4, -0.2) is 48.8 Å². The summed E-state index contributed by atoms with van der Waals surface area (Å²) in [6, 6.07) is 8.66. The molecule has 164 valence electrons. The van der Waals surface area contributed by atoms with Gasteiger partial charge in [0.05, 0.1) is 19.2 Å². The van der Waals surface area contributed by atoms with Crippen molar-refractivity contribution < 1.29 is 4.74 Å². The van der Waals surface area contributed by atoms with Crippen LogP contribution in [0.15, 0.2) is 29.1 Å². The molecule has 2 aliphatic rings. The molecule has 8 nitrogen and oxygen atoms in total. The maximum absolute atomic E-state index is 12.9. The molecule has 5 rings (SSSR count). The molecule has 2 fully saturated rings. The maximum atomic E-state index is 12.9. The third-order valence-electron chi connectivity index (χ3n) is 6.64. The molecule has 31 heavy (non-hydrogen) atoms. The molecule has 1 unspecified atom stereocenters. The number of hydrogen-bond donors (Lipinski definition) is 1. The second kappa shape index (κ2) is 8.88. The van der Waals surface area contributed by atoms with Gasteiger partial charge < -0.3 is 9.72 Å². The zero-order chi connectivity index (χ0) is 21.2. The summed E-state index contributed by atoms with van der Waals surface area (Å²) in [5.74, 6) is 0.843. The molecular formula is C23H30N6O2. The third-order valence-corrected chi connectivity index (χ3v) is 6.64. The van der Waals surface area contributed by atoms with E-state index < -0.39 is 0 Å². The molecule has 1 N–H and O–H groups in total. The van der Waals surface area contributed by atoms with Crippen LogP contribution in [0.2, 0.25) is 0 Å². The van der Waals surface area contributed by atoms with Gasteiger partial charge >= 0.3 is 0 Å². The lowest BCUT2D eigenvalue weighted by atomic mass is 10.1. The number of tetrazole rings is 1. The predicted molar refractivity (Wildman–Crippen MR) is 118 cm³/mol. The first-order chi connectivity index (χ1) is 15.2. The van der Waals surface area contributed by atoms with Crippen LogP contribution >= 0.6 is 0 Å². The summed E-state index contributed by atoms with van der Waals surface area (Å²) < 4.78 is 7.65.